The summed E-state index contributed by atoms with van der Waals surface area (Å²) >= 11 is 3.59. The molecule has 4 aliphatic rings. The zero-order valence-electron chi connectivity index (χ0n) is 11.9. The van der Waals surface area contributed by atoms with Gasteiger partial charge >= 0.3 is 0 Å². The normalized spacial score (nSPS) is 37.8. The summed E-state index contributed by atoms with van der Waals surface area (Å²) < 4.78 is 1.23. The molecule has 0 atom stereocenters. The Labute approximate surface area is 137 Å². The van der Waals surface area contributed by atoms with Crippen molar-refractivity contribution in [3.05, 3.63) is 34.3 Å². The van der Waals surface area contributed by atoms with Gasteiger partial charge in [0.05, 0.1) is 0 Å². The second-order valence-electron chi connectivity index (χ2n) is 7.26. The van der Waals surface area contributed by atoms with Crippen molar-refractivity contribution >= 4 is 28.3 Å². The van der Waals surface area contributed by atoms with Crippen LogP contribution in [0.5, 0.6) is 0 Å². The first-order chi connectivity index (χ1) is 9.28. The first kappa shape index (κ1) is 14.9. The molecule has 0 saturated heterocycles. The van der Waals surface area contributed by atoms with Crippen LogP contribution >= 0.6 is 28.3 Å². The van der Waals surface area contributed by atoms with Gasteiger partial charge in [0.1, 0.15) is 0 Å². The van der Waals surface area contributed by atoms with Gasteiger partial charge < -0.3 is 0 Å². The minimum Gasteiger partial charge on any atom is -0.147 e. The van der Waals surface area contributed by atoms with Gasteiger partial charge in [-0.2, -0.15) is 0 Å². The van der Waals surface area contributed by atoms with Gasteiger partial charge in [-0.15, -0.1) is 12.4 Å². The van der Waals surface area contributed by atoms with Crippen LogP contribution in [0.2, 0.25) is 0 Å². The largest absolute Gasteiger partial charge is 0.147 e. The average Bonchev–Trinajstić information content (AvgIpc) is 2.37. The molecule has 1 aromatic carbocycles. The van der Waals surface area contributed by atoms with Gasteiger partial charge in [0.2, 0.25) is 0 Å². The lowest BCUT2D eigenvalue weighted by atomic mass is 9.51. The van der Waals surface area contributed by atoms with E-state index >= 15 is 0 Å². The lowest BCUT2D eigenvalue weighted by molar-refractivity contribution is -0.0394. The monoisotopic (exact) mass is 354 g/mol. The third-order valence-corrected chi connectivity index (χ3v) is 6.57. The molecule has 0 aliphatic heterocycles. The topological polar surface area (TPSA) is 0 Å². The van der Waals surface area contributed by atoms with E-state index < -0.39 is 0 Å². The van der Waals surface area contributed by atoms with Crippen molar-refractivity contribution in [3.8, 4) is 0 Å². The lowest BCUT2D eigenvalue weighted by Crippen LogP contribution is -2.45. The van der Waals surface area contributed by atoms with E-state index in [1.54, 1.807) is 32.1 Å². The Morgan fingerprint density at radius 2 is 1.60 bits per heavy atom. The number of benzene rings is 1. The fraction of sp³-hybridized carbons (Fsp3) is 0.667. The number of halogens is 2. The molecule has 1 aromatic rings. The maximum absolute atomic E-state index is 3.59. The quantitative estimate of drug-likeness (QED) is 0.635. The summed E-state index contributed by atoms with van der Waals surface area (Å²) in [6, 6.07) is 8.90. The predicted molar refractivity (Wildman–Crippen MR) is 90.2 cm³/mol. The molecule has 2 heteroatoms. The fourth-order valence-corrected chi connectivity index (χ4v) is 5.98. The molecule has 0 amide bonds. The molecule has 0 spiro atoms. The third kappa shape index (κ3) is 2.81. The van der Waals surface area contributed by atoms with Gasteiger partial charge in [0.15, 0.2) is 0 Å². The van der Waals surface area contributed by atoms with E-state index in [9.17, 15) is 0 Å². The van der Waals surface area contributed by atoms with E-state index in [-0.39, 0.29) is 12.4 Å². The van der Waals surface area contributed by atoms with Gasteiger partial charge in [0, 0.05) is 4.47 Å². The van der Waals surface area contributed by atoms with Gasteiger partial charge in [-0.25, -0.2) is 0 Å². The van der Waals surface area contributed by atoms with Gasteiger partial charge in [0.25, 0.3) is 0 Å². The Balaban J connectivity index is 0.00000121. The van der Waals surface area contributed by atoms with Crippen LogP contribution in [0, 0.1) is 29.6 Å². The highest BCUT2D eigenvalue weighted by atomic mass is 79.9. The smallest absolute Gasteiger partial charge is 0.0177 e. The Kier molecular flexibility index (Phi) is 4.48. The molecule has 0 N–H and O–H groups in total. The van der Waals surface area contributed by atoms with Crippen molar-refractivity contribution < 1.29 is 0 Å². The number of rotatable bonds is 3. The van der Waals surface area contributed by atoms with Crippen LogP contribution in [0.1, 0.15) is 44.1 Å². The van der Waals surface area contributed by atoms with Crippen LogP contribution in [0.3, 0.4) is 0 Å². The SMILES string of the molecule is Brc1cccc(CCC2C3CC4CC(C3)CC2C4)c1.Cl. The second-order valence-corrected chi connectivity index (χ2v) is 8.18. The maximum Gasteiger partial charge on any atom is 0.0177 e. The van der Waals surface area contributed by atoms with Crippen molar-refractivity contribution in [1.82, 2.24) is 0 Å². The molecular weight excluding hydrogens is 332 g/mol. The van der Waals surface area contributed by atoms with E-state index in [0.29, 0.717) is 0 Å². The molecule has 0 aromatic heterocycles. The van der Waals surface area contributed by atoms with E-state index in [1.807, 2.05) is 0 Å². The van der Waals surface area contributed by atoms with Crippen LogP contribution in [-0.2, 0) is 6.42 Å². The third-order valence-electron chi connectivity index (χ3n) is 6.08. The highest BCUT2D eigenvalue weighted by molar-refractivity contribution is 9.10. The van der Waals surface area contributed by atoms with Crippen LogP contribution in [0.15, 0.2) is 28.7 Å². The predicted octanol–water partition coefficient (Wildman–Crippen LogP) is 5.88. The molecule has 5 rings (SSSR count). The van der Waals surface area contributed by atoms with Gasteiger partial charge in [-0.05, 0) is 92.2 Å². The molecular formula is C18H24BrCl. The van der Waals surface area contributed by atoms with Crippen molar-refractivity contribution in [2.24, 2.45) is 29.6 Å². The maximum atomic E-state index is 3.59. The Bertz CT molecular complexity index is 442. The summed E-state index contributed by atoms with van der Waals surface area (Å²) in [5, 5.41) is 0. The van der Waals surface area contributed by atoms with Gasteiger partial charge in [-0.3, -0.25) is 0 Å². The fourth-order valence-electron chi connectivity index (χ4n) is 5.54. The molecule has 0 unspecified atom stereocenters. The summed E-state index contributed by atoms with van der Waals surface area (Å²) in [5.74, 6) is 5.45. The minimum atomic E-state index is 0. The van der Waals surface area contributed by atoms with E-state index in [4.69, 9.17) is 0 Å². The Morgan fingerprint density at radius 1 is 0.950 bits per heavy atom. The van der Waals surface area contributed by atoms with E-state index in [1.165, 1.54) is 22.9 Å². The van der Waals surface area contributed by atoms with Crippen LogP contribution in [0.25, 0.3) is 0 Å². The molecule has 20 heavy (non-hydrogen) atoms. The summed E-state index contributed by atoms with van der Waals surface area (Å²) in [6.07, 6.45) is 10.6. The molecule has 4 bridgehead atoms. The molecule has 4 fully saturated rings. The van der Waals surface area contributed by atoms with Crippen LogP contribution in [0.4, 0.5) is 0 Å². The van der Waals surface area contributed by atoms with Gasteiger partial charge in [-0.1, -0.05) is 28.1 Å². The first-order valence-corrected chi connectivity index (χ1v) is 8.81. The number of hydrogen-bond donors (Lipinski definition) is 0. The standard InChI is InChI=1S/C18H23Br.ClH/c19-17-3-1-2-12(11-17)4-5-18-15-7-13-6-14(9-15)10-16(18)8-13;/h1-3,11,13-16,18H,4-10H2;1H. The highest BCUT2D eigenvalue weighted by Crippen LogP contribution is 2.57. The van der Waals surface area contributed by atoms with Crippen LogP contribution < -0.4 is 0 Å². The zero-order valence-corrected chi connectivity index (χ0v) is 14.3. The highest BCUT2D eigenvalue weighted by Gasteiger charge is 2.47. The van der Waals surface area contributed by atoms with Crippen LogP contribution in [-0.4, -0.2) is 0 Å². The molecule has 0 nitrogen and oxygen atoms in total. The van der Waals surface area contributed by atoms with Crippen molar-refractivity contribution in [2.75, 3.05) is 0 Å². The average molecular weight is 356 g/mol. The molecule has 0 heterocycles. The summed E-state index contributed by atoms with van der Waals surface area (Å²) in [5.41, 5.74) is 1.52. The molecule has 4 saturated carbocycles. The minimum absolute atomic E-state index is 0. The van der Waals surface area contributed by atoms with Crippen molar-refractivity contribution in [3.63, 3.8) is 0 Å². The molecule has 0 radical (unpaired) electrons. The summed E-state index contributed by atoms with van der Waals surface area (Å²) in [7, 11) is 0. The number of hydrogen-bond acceptors (Lipinski definition) is 0. The zero-order chi connectivity index (χ0) is 12.8. The lowest BCUT2D eigenvalue weighted by Gasteiger charge is -2.54. The summed E-state index contributed by atoms with van der Waals surface area (Å²) in [6.45, 7) is 0. The van der Waals surface area contributed by atoms with Crippen molar-refractivity contribution in [2.45, 2.75) is 44.9 Å². The molecule has 110 valence electrons. The van der Waals surface area contributed by atoms with Crippen molar-refractivity contribution in [1.29, 1.82) is 0 Å². The Hall–Kier alpha value is -0.0100. The second kappa shape index (κ2) is 6.01. The molecule has 4 aliphatic carbocycles. The van der Waals surface area contributed by atoms with E-state index in [0.717, 1.165) is 29.6 Å². The summed E-state index contributed by atoms with van der Waals surface area (Å²) in [4.78, 5) is 0. The Morgan fingerprint density at radius 3 is 2.20 bits per heavy atom. The number of aryl methyl sites for hydroxylation is 1. The van der Waals surface area contributed by atoms with E-state index in [2.05, 4.69) is 40.2 Å². The first-order valence-electron chi connectivity index (χ1n) is 8.02.